The maximum atomic E-state index is 12.0. The Kier molecular flexibility index (Phi) is 9.08. The molecule has 0 spiro atoms. The molecule has 6 heterocycles. The van der Waals surface area contributed by atoms with Crippen LogP contribution < -0.4 is 28.3 Å². The molecule has 13 N–H and O–H groups in total. The van der Waals surface area contributed by atoms with Crippen LogP contribution in [0.5, 0.6) is 0 Å². The van der Waals surface area contributed by atoms with Crippen LogP contribution in [0.2, 0.25) is 0 Å². The molecule has 0 aromatic carbocycles. The van der Waals surface area contributed by atoms with Crippen molar-refractivity contribution in [3.8, 4) is 0 Å². The van der Waals surface area contributed by atoms with E-state index in [2.05, 4.69) is 24.9 Å². The van der Waals surface area contributed by atoms with Crippen LogP contribution >= 0.6 is 0 Å². The number of aliphatic hydroxyl groups excluding tert-OH is 5. The quantitative estimate of drug-likeness (QED) is 0.0924. The van der Waals surface area contributed by atoms with E-state index in [9.17, 15) is 30.0 Å². The van der Waals surface area contributed by atoms with Gasteiger partial charge in [0, 0.05) is 19.9 Å². The number of hydrogen-bond donors (Lipinski definition) is 10. The molecule has 8 atom stereocenters. The number of nitrogens with one attached hydrogen (secondary N) is 2. The Balaban J connectivity index is 0.000000175. The highest BCUT2D eigenvalue weighted by molar-refractivity contribution is 5.80. The van der Waals surface area contributed by atoms with E-state index in [1.165, 1.54) is 28.8 Å². The second-order valence-corrected chi connectivity index (χ2v) is 10.1. The summed E-state index contributed by atoms with van der Waals surface area (Å²) in [6, 6.07) is 0. The number of anilines is 1. The molecule has 44 heavy (non-hydrogen) atoms. The second kappa shape index (κ2) is 12.6. The molecule has 2 unspecified atom stereocenters. The fourth-order valence-electron chi connectivity index (χ4n) is 5.31. The average molecular weight is 623 g/mol. The standard InChI is InChI=1S/2C12H17N5O5/c1-21-9-8(19)5(3-18)22-12(9)17-4-14-7-10(17)15-6(2-13)16-11(7)20;13-1-4-2-17(9-6(4)10(21)16-12(14)15-9)11-8(20)7(19)5(3-18)22-11/h4-5,8-9,12,18-19H,2-3,13H2,1H3,(H,15,16,20);2,5,7-8,11,18-20H,1,3,13H2,(H3,14,15,16,21)/t5-,8+,9?,12-;5-,7+,8?,11-/m11/s1. The van der Waals surface area contributed by atoms with Gasteiger partial charge in [-0.15, -0.1) is 0 Å². The summed E-state index contributed by atoms with van der Waals surface area (Å²) in [4.78, 5) is 41.2. The van der Waals surface area contributed by atoms with Gasteiger partial charge in [-0.2, -0.15) is 4.98 Å². The molecular formula is C24H34N10O10. The molecule has 20 heteroatoms. The number of aliphatic hydroxyl groups is 5. The lowest BCUT2D eigenvalue weighted by Gasteiger charge is -2.19. The Morgan fingerprint density at radius 2 is 1.59 bits per heavy atom. The van der Waals surface area contributed by atoms with E-state index < -0.39 is 66.8 Å². The van der Waals surface area contributed by atoms with Gasteiger partial charge >= 0.3 is 0 Å². The van der Waals surface area contributed by atoms with Crippen LogP contribution in [-0.4, -0.2) is 117 Å². The van der Waals surface area contributed by atoms with Gasteiger partial charge in [0.15, 0.2) is 29.3 Å². The monoisotopic (exact) mass is 622 g/mol. The molecule has 240 valence electrons. The molecule has 0 saturated carbocycles. The number of aromatic nitrogens is 7. The molecule has 0 aliphatic carbocycles. The predicted octanol–water partition coefficient (Wildman–Crippen LogP) is -4.78. The highest BCUT2D eigenvalue weighted by Gasteiger charge is 2.46. The van der Waals surface area contributed by atoms with Gasteiger partial charge in [-0.3, -0.25) is 19.1 Å². The van der Waals surface area contributed by atoms with Crippen LogP contribution in [0.15, 0.2) is 22.1 Å². The Morgan fingerprint density at radius 3 is 2.20 bits per heavy atom. The number of nitrogens with two attached hydrogens (primary N) is 3. The number of methoxy groups -OCH3 is 1. The third-order valence-corrected chi connectivity index (χ3v) is 7.50. The highest BCUT2D eigenvalue weighted by atomic mass is 16.6. The molecule has 2 fully saturated rings. The van der Waals surface area contributed by atoms with E-state index in [-0.39, 0.29) is 47.8 Å². The van der Waals surface area contributed by atoms with Crippen molar-refractivity contribution < 1.29 is 39.7 Å². The van der Waals surface area contributed by atoms with Crippen molar-refractivity contribution in [1.82, 2.24) is 34.1 Å². The van der Waals surface area contributed by atoms with Gasteiger partial charge in [-0.1, -0.05) is 0 Å². The van der Waals surface area contributed by atoms with Gasteiger partial charge in [-0.25, -0.2) is 9.97 Å². The van der Waals surface area contributed by atoms with Gasteiger partial charge in [-0.05, 0) is 5.56 Å². The van der Waals surface area contributed by atoms with E-state index in [4.69, 9.17) is 36.5 Å². The predicted molar refractivity (Wildman–Crippen MR) is 150 cm³/mol. The first-order valence-electron chi connectivity index (χ1n) is 13.4. The molecular weight excluding hydrogens is 588 g/mol. The van der Waals surface area contributed by atoms with E-state index in [0.717, 1.165) is 0 Å². The van der Waals surface area contributed by atoms with Crippen LogP contribution in [-0.2, 0) is 27.3 Å². The third-order valence-electron chi connectivity index (χ3n) is 7.50. The third kappa shape index (κ3) is 5.36. The lowest BCUT2D eigenvalue weighted by atomic mass is 10.1. The molecule has 2 aliphatic heterocycles. The minimum absolute atomic E-state index is 0.0669. The smallest absolute Gasteiger partial charge is 0.279 e. The van der Waals surface area contributed by atoms with Crippen LogP contribution in [0.25, 0.3) is 22.2 Å². The summed E-state index contributed by atoms with van der Waals surface area (Å²) in [5, 5.41) is 48.7. The summed E-state index contributed by atoms with van der Waals surface area (Å²) in [5.74, 6) is 0.220. The number of fused-ring (bicyclic) bond motifs is 2. The topological polar surface area (TPSA) is 321 Å². The summed E-state index contributed by atoms with van der Waals surface area (Å²) >= 11 is 0. The van der Waals surface area contributed by atoms with Crippen molar-refractivity contribution >= 4 is 28.1 Å². The van der Waals surface area contributed by atoms with Crippen molar-refractivity contribution in [1.29, 1.82) is 0 Å². The lowest BCUT2D eigenvalue weighted by molar-refractivity contribution is -0.0583. The number of aromatic amines is 2. The van der Waals surface area contributed by atoms with E-state index in [0.29, 0.717) is 11.4 Å². The van der Waals surface area contributed by atoms with Crippen molar-refractivity contribution in [3.05, 3.63) is 44.6 Å². The van der Waals surface area contributed by atoms with Crippen LogP contribution in [0.3, 0.4) is 0 Å². The van der Waals surface area contributed by atoms with Crippen LogP contribution in [0, 0.1) is 0 Å². The zero-order valence-corrected chi connectivity index (χ0v) is 23.3. The number of ether oxygens (including phenoxy) is 3. The summed E-state index contributed by atoms with van der Waals surface area (Å²) in [7, 11) is 1.43. The summed E-state index contributed by atoms with van der Waals surface area (Å²) in [5.41, 5.74) is 16.9. The summed E-state index contributed by atoms with van der Waals surface area (Å²) in [6.07, 6.45) is -4.87. The van der Waals surface area contributed by atoms with Gasteiger partial charge in [0.1, 0.15) is 42.4 Å². The first-order chi connectivity index (χ1) is 21.1. The fourth-order valence-corrected chi connectivity index (χ4v) is 5.31. The van der Waals surface area contributed by atoms with Crippen molar-refractivity contribution in [2.75, 3.05) is 26.1 Å². The maximum absolute atomic E-state index is 12.0. The van der Waals surface area contributed by atoms with Gasteiger partial charge in [0.2, 0.25) is 5.95 Å². The molecule has 20 nitrogen and oxygen atoms in total. The minimum atomic E-state index is -1.29. The maximum Gasteiger partial charge on any atom is 0.279 e. The molecule has 0 amide bonds. The minimum Gasteiger partial charge on any atom is -0.394 e. The van der Waals surface area contributed by atoms with E-state index in [1.807, 2.05) is 0 Å². The fraction of sp³-hybridized carbons (Fsp3) is 0.542. The second-order valence-electron chi connectivity index (χ2n) is 10.1. The lowest BCUT2D eigenvalue weighted by Crippen LogP contribution is -2.34. The van der Waals surface area contributed by atoms with Gasteiger partial charge in [0.05, 0.1) is 31.5 Å². The molecule has 4 aromatic rings. The zero-order valence-electron chi connectivity index (χ0n) is 23.3. The normalized spacial score (nSPS) is 28.5. The number of nitrogens with zero attached hydrogens (tertiary/aromatic N) is 5. The Labute approximate surface area is 246 Å². The van der Waals surface area contributed by atoms with Crippen molar-refractivity contribution in [3.63, 3.8) is 0 Å². The largest absolute Gasteiger partial charge is 0.394 e. The van der Waals surface area contributed by atoms with E-state index in [1.54, 1.807) is 0 Å². The molecule has 0 bridgehead atoms. The number of hydrogen-bond acceptors (Lipinski definition) is 16. The zero-order chi connectivity index (χ0) is 31.9. The van der Waals surface area contributed by atoms with E-state index >= 15 is 0 Å². The van der Waals surface area contributed by atoms with Gasteiger partial charge < -0.3 is 66.5 Å². The average Bonchev–Trinajstić information content (AvgIpc) is 3.75. The summed E-state index contributed by atoms with van der Waals surface area (Å²) in [6.45, 7) is -0.662. The summed E-state index contributed by atoms with van der Waals surface area (Å²) < 4.78 is 19.2. The molecule has 2 saturated heterocycles. The Morgan fingerprint density at radius 1 is 0.909 bits per heavy atom. The van der Waals surface area contributed by atoms with Gasteiger partial charge in [0.25, 0.3) is 11.1 Å². The number of nitrogen functional groups attached to an aromatic ring is 1. The van der Waals surface area contributed by atoms with Crippen LogP contribution in [0.1, 0.15) is 23.8 Å². The Hall–Kier alpha value is -3.83. The highest BCUT2D eigenvalue weighted by Crippen LogP contribution is 2.34. The molecule has 4 aromatic heterocycles. The van der Waals surface area contributed by atoms with Crippen molar-refractivity contribution in [2.45, 2.75) is 62.2 Å². The first kappa shape index (κ1) is 31.6. The number of H-pyrrole nitrogens is 2. The number of imidazole rings is 1. The number of rotatable bonds is 7. The molecule has 0 radical (unpaired) electrons. The molecule has 6 rings (SSSR count). The first-order valence-corrected chi connectivity index (χ1v) is 13.4. The SMILES string of the molecule is COC1[C@@H](O)[C@@H](CO)O[C@H]1n1cnc2c(=O)[nH]c(CN)nc21.NCc1cn([C@@H]2O[C@H](CO)[C@H](O)C2O)c2nc(N)[nH]c(=O)c12. The Bertz CT molecular complexity index is 1740. The molecule has 2 aliphatic rings. The van der Waals surface area contributed by atoms with Crippen molar-refractivity contribution in [2.24, 2.45) is 11.5 Å². The van der Waals surface area contributed by atoms with Crippen LogP contribution in [0.4, 0.5) is 5.95 Å².